The molecule has 4 unspecified atom stereocenters. The van der Waals surface area contributed by atoms with Crippen molar-refractivity contribution in [2.24, 2.45) is 21.7 Å². The molecule has 0 amide bonds. The van der Waals surface area contributed by atoms with E-state index in [-0.39, 0.29) is 0 Å². The lowest BCUT2D eigenvalue weighted by atomic mass is 9.55. The van der Waals surface area contributed by atoms with Crippen LogP contribution in [0.4, 0.5) is 22.0 Å². The van der Waals surface area contributed by atoms with Crippen LogP contribution in [0.15, 0.2) is 4.99 Å². The molecule has 0 radical (unpaired) electrons. The molecule has 10 heteroatoms. The van der Waals surface area contributed by atoms with Crippen molar-refractivity contribution in [3.63, 3.8) is 0 Å². The Kier molecular flexibility index (Phi) is 4.80. The molecule has 1 heterocycles. The maximum atomic E-state index is 13.3. The summed E-state index contributed by atoms with van der Waals surface area (Å²) in [4.78, 5) is 26.0. The van der Waals surface area contributed by atoms with Crippen molar-refractivity contribution in [2.75, 3.05) is 0 Å². The van der Waals surface area contributed by atoms with Crippen LogP contribution in [-0.4, -0.2) is 46.5 Å². The van der Waals surface area contributed by atoms with Gasteiger partial charge in [-0.3, -0.25) is 14.6 Å². The largest absolute Gasteiger partial charge is 0.481 e. The highest BCUT2D eigenvalue weighted by molar-refractivity contribution is 6.09. The number of aliphatic imine (C=N–C) groups is 1. The Morgan fingerprint density at radius 1 is 1.26 bits per heavy atom. The molecule has 0 fully saturated rings. The van der Waals surface area contributed by atoms with E-state index in [1.54, 1.807) is 0 Å². The van der Waals surface area contributed by atoms with Crippen LogP contribution >= 0.6 is 0 Å². The number of rotatable bonds is 4. The fraction of sp³-hybridized carbons (Fsp3) is 0.769. The summed E-state index contributed by atoms with van der Waals surface area (Å²) < 4.78 is 66.2. The first-order valence-electron chi connectivity index (χ1n) is 6.67. The average Bonchev–Trinajstić information content (AvgIpc) is 2.39. The number of carbonyl (C=O) groups is 2. The molecule has 0 aliphatic carbocycles. The van der Waals surface area contributed by atoms with Crippen molar-refractivity contribution < 1.29 is 41.8 Å². The van der Waals surface area contributed by atoms with Gasteiger partial charge in [-0.2, -0.15) is 13.2 Å². The molecule has 1 aliphatic heterocycles. The molecule has 0 saturated carbocycles. The third-order valence-electron chi connectivity index (χ3n) is 4.87. The summed E-state index contributed by atoms with van der Waals surface area (Å²) in [7, 11) is 0. The van der Waals surface area contributed by atoms with Crippen molar-refractivity contribution in [3.05, 3.63) is 0 Å². The number of carboxylic acid groups (broad SMARTS) is 2. The molecular weight excluding hydrogens is 329 g/mol. The summed E-state index contributed by atoms with van der Waals surface area (Å²) in [5, 5.41) is 18.7. The monoisotopic (exact) mass is 345 g/mol. The quantitative estimate of drug-likeness (QED) is 0.767. The Morgan fingerprint density at radius 2 is 1.74 bits per heavy atom. The fourth-order valence-electron chi connectivity index (χ4n) is 3.26. The number of alkyl halides is 5. The third-order valence-corrected chi connectivity index (χ3v) is 4.87. The van der Waals surface area contributed by atoms with Crippen LogP contribution in [0.2, 0.25) is 0 Å². The Bertz CT molecular complexity index is 547. The topological polar surface area (TPSA) is 87.0 Å². The van der Waals surface area contributed by atoms with Crippen LogP contribution in [0.3, 0.4) is 0 Å². The van der Waals surface area contributed by atoms with Gasteiger partial charge in [-0.05, 0) is 19.3 Å². The van der Waals surface area contributed by atoms with Gasteiger partial charge >= 0.3 is 18.1 Å². The van der Waals surface area contributed by atoms with E-state index in [1.807, 2.05) is 0 Å². The molecule has 2 N–H and O–H groups in total. The maximum absolute atomic E-state index is 13.3. The van der Waals surface area contributed by atoms with Gasteiger partial charge in [-0.1, -0.05) is 13.8 Å². The van der Waals surface area contributed by atoms with Crippen LogP contribution in [-0.2, 0) is 9.59 Å². The predicted octanol–water partition coefficient (Wildman–Crippen LogP) is 2.85. The van der Waals surface area contributed by atoms with Crippen LogP contribution in [0.25, 0.3) is 0 Å². The highest BCUT2D eigenvalue weighted by atomic mass is 19.4. The van der Waals surface area contributed by atoms with Crippen molar-refractivity contribution in [3.8, 4) is 0 Å². The van der Waals surface area contributed by atoms with Gasteiger partial charge < -0.3 is 10.2 Å². The van der Waals surface area contributed by atoms with Crippen molar-refractivity contribution >= 4 is 17.7 Å². The van der Waals surface area contributed by atoms with Gasteiger partial charge in [-0.15, -0.1) is 0 Å². The molecule has 23 heavy (non-hydrogen) atoms. The molecule has 0 spiro atoms. The molecule has 132 valence electrons. The van der Waals surface area contributed by atoms with E-state index in [4.69, 9.17) is 0 Å². The number of aliphatic carboxylic acids is 2. The summed E-state index contributed by atoms with van der Waals surface area (Å²) in [6.45, 7) is 2.85. The summed E-state index contributed by atoms with van der Waals surface area (Å²) in [5.74, 6) is -5.52. The number of hydrogen-bond acceptors (Lipinski definition) is 3. The van der Waals surface area contributed by atoms with Gasteiger partial charge in [0.05, 0.1) is 5.71 Å². The first-order valence-corrected chi connectivity index (χ1v) is 6.67. The third kappa shape index (κ3) is 2.57. The maximum Gasteiger partial charge on any atom is 0.411 e. The second kappa shape index (κ2) is 5.72. The summed E-state index contributed by atoms with van der Waals surface area (Å²) >= 11 is 0. The van der Waals surface area contributed by atoms with Gasteiger partial charge in [0.1, 0.15) is 10.8 Å². The first-order chi connectivity index (χ1) is 10.3. The number of halogens is 5. The van der Waals surface area contributed by atoms with Crippen LogP contribution in [0, 0.1) is 16.7 Å². The van der Waals surface area contributed by atoms with Gasteiger partial charge in [0.2, 0.25) is 0 Å². The zero-order chi connectivity index (χ0) is 18.4. The lowest BCUT2D eigenvalue weighted by Crippen LogP contribution is -2.64. The zero-order valence-electron chi connectivity index (χ0n) is 12.5. The summed E-state index contributed by atoms with van der Waals surface area (Å²) in [5.41, 5.74) is -6.63. The van der Waals surface area contributed by atoms with Gasteiger partial charge in [0, 0.05) is 0 Å². The minimum Gasteiger partial charge on any atom is -0.481 e. The Morgan fingerprint density at radius 3 is 2.00 bits per heavy atom. The molecule has 1 rings (SSSR count). The summed E-state index contributed by atoms with van der Waals surface area (Å²) in [6.07, 6.45) is -9.37. The average molecular weight is 345 g/mol. The van der Waals surface area contributed by atoms with Crippen LogP contribution < -0.4 is 0 Å². The molecular formula is C13H16F5NO4. The van der Waals surface area contributed by atoms with E-state index in [9.17, 15) is 41.8 Å². The Hall–Kier alpha value is -1.74. The molecule has 0 aromatic heterocycles. The normalized spacial score (nSPS) is 35.1. The standard InChI is InChI=1S/C13H16F5NO4/c1-4-12(10(22)23)5(2)11(3,9(20)21)6(7(14)15)19-8(12)13(16,17)18/h5,7-8H,4H2,1-3H3,(H,20,21)(H,22,23). The fourth-order valence-corrected chi connectivity index (χ4v) is 3.26. The van der Waals surface area contributed by atoms with Gasteiger partial charge in [0.15, 0.2) is 6.04 Å². The van der Waals surface area contributed by atoms with E-state index >= 15 is 0 Å². The Balaban J connectivity index is 3.86. The number of nitrogens with zero attached hydrogens (tertiary/aromatic N) is 1. The van der Waals surface area contributed by atoms with E-state index < -0.39 is 59.5 Å². The molecule has 1 aliphatic rings. The second-order valence-electron chi connectivity index (χ2n) is 5.69. The van der Waals surface area contributed by atoms with E-state index in [0.717, 1.165) is 20.8 Å². The molecule has 0 aromatic rings. The molecule has 0 saturated heterocycles. The summed E-state index contributed by atoms with van der Waals surface area (Å²) in [6, 6.07) is -2.94. The molecule has 0 bridgehead atoms. The zero-order valence-corrected chi connectivity index (χ0v) is 12.5. The molecule has 4 atom stereocenters. The highest BCUT2D eigenvalue weighted by Gasteiger charge is 2.69. The smallest absolute Gasteiger partial charge is 0.411 e. The number of carboxylic acids is 2. The first kappa shape index (κ1) is 19.3. The Labute approximate surface area is 128 Å². The minimum atomic E-state index is -5.21. The van der Waals surface area contributed by atoms with Crippen molar-refractivity contribution in [1.82, 2.24) is 0 Å². The van der Waals surface area contributed by atoms with E-state index in [1.165, 1.54) is 0 Å². The van der Waals surface area contributed by atoms with Gasteiger partial charge in [-0.25, -0.2) is 8.78 Å². The second-order valence-corrected chi connectivity index (χ2v) is 5.69. The number of hydrogen-bond donors (Lipinski definition) is 2. The lowest BCUT2D eigenvalue weighted by molar-refractivity contribution is -0.206. The van der Waals surface area contributed by atoms with E-state index in [2.05, 4.69) is 4.99 Å². The van der Waals surface area contributed by atoms with E-state index in [0.29, 0.717) is 0 Å². The lowest BCUT2D eigenvalue weighted by Gasteiger charge is -2.50. The minimum absolute atomic E-state index is 0.615. The molecule has 0 aromatic carbocycles. The van der Waals surface area contributed by atoms with Crippen molar-refractivity contribution in [2.45, 2.75) is 45.8 Å². The highest BCUT2D eigenvalue weighted by Crippen LogP contribution is 2.55. The van der Waals surface area contributed by atoms with Gasteiger partial charge in [0.25, 0.3) is 6.43 Å². The van der Waals surface area contributed by atoms with Crippen LogP contribution in [0.1, 0.15) is 27.2 Å². The van der Waals surface area contributed by atoms with Crippen molar-refractivity contribution in [1.29, 1.82) is 0 Å². The molecule has 5 nitrogen and oxygen atoms in total. The van der Waals surface area contributed by atoms with Crippen LogP contribution in [0.5, 0.6) is 0 Å². The SMILES string of the molecule is CCC1(C(=O)O)C(C(F)(F)F)N=C(C(F)F)C(C)(C(=O)O)C1C. The predicted molar refractivity (Wildman–Crippen MR) is 68.5 cm³/mol.